The largest absolute Gasteiger partial charge is 0.390 e. The molecule has 0 aliphatic heterocycles. The summed E-state index contributed by atoms with van der Waals surface area (Å²) in [4.78, 5) is 15.0. The second-order valence-corrected chi connectivity index (χ2v) is 4.14. The molecule has 5 N–H and O–H groups in total. The van der Waals surface area contributed by atoms with Crippen LogP contribution in [-0.2, 0) is 4.79 Å². The minimum absolute atomic E-state index is 0.210. The molecular formula is C12H19N3O3. The molecule has 0 radical (unpaired) electrons. The molecule has 6 nitrogen and oxygen atoms in total. The molecule has 2 unspecified atom stereocenters. The Morgan fingerprint density at radius 3 is 2.67 bits per heavy atom. The third-order valence-electron chi connectivity index (χ3n) is 2.58. The van der Waals surface area contributed by atoms with Crippen LogP contribution in [0.2, 0.25) is 0 Å². The summed E-state index contributed by atoms with van der Waals surface area (Å²) in [5, 5.41) is 22.2. The van der Waals surface area contributed by atoms with Gasteiger partial charge in [0, 0.05) is 18.2 Å². The molecule has 1 amide bonds. The number of aromatic nitrogens is 1. The minimum Gasteiger partial charge on any atom is -0.390 e. The van der Waals surface area contributed by atoms with E-state index >= 15 is 0 Å². The number of nitrogens with one attached hydrogen (secondary N) is 1. The van der Waals surface area contributed by atoms with Gasteiger partial charge in [-0.3, -0.25) is 4.79 Å². The molecular weight excluding hydrogens is 234 g/mol. The molecule has 6 heteroatoms. The second-order valence-electron chi connectivity index (χ2n) is 4.14. The molecule has 18 heavy (non-hydrogen) atoms. The Bertz CT molecular complexity index is 423. The first-order valence-corrected chi connectivity index (χ1v) is 5.77. The van der Waals surface area contributed by atoms with E-state index in [2.05, 4.69) is 10.3 Å². The van der Waals surface area contributed by atoms with Gasteiger partial charge < -0.3 is 21.3 Å². The zero-order valence-corrected chi connectivity index (χ0v) is 10.6. The molecule has 100 valence electrons. The van der Waals surface area contributed by atoms with Gasteiger partial charge in [0.1, 0.15) is 11.9 Å². The number of amides is 1. The molecule has 1 aromatic heterocycles. The standard InChI is InChI=1S/C12H19N3O3/c1-7-9(12(18)10(17)5-6-13)3-4-11(14-7)15-8(2)16/h3-4,10,12,17-18H,5-6,13H2,1-2H3,(H,14,15,16). The Morgan fingerprint density at radius 1 is 1.50 bits per heavy atom. The fourth-order valence-electron chi connectivity index (χ4n) is 1.67. The van der Waals surface area contributed by atoms with Crippen molar-refractivity contribution in [3.63, 3.8) is 0 Å². The third-order valence-corrected chi connectivity index (χ3v) is 2.58. The van der Waals surface area contributed by atoms with Gasteiger partial charge in [0.25, 0.3) is 0 Å². The van der Waals surface area contributed by atoms with Crippen molar-refractivity contribution in [1.29, 1.82) is 0 Å². The van der Waals surface area contributed by atoms with Gasteiger partial charge in [-0.2, -0.15) is 0 Å². The number of rotatable bonds is 5. The maximum atomic E-state index is 10.9. The molecule has 0 aromatic carbocycles. The van der Waals surface area contributed by atoms with Crippen LogP contribution in [0.15, 0.2) is 12.1 Å². The van der Waals surface area contributed by atoms with E-state index in [1.165, 1.54) is 6.92 Å². The molecule has 2 atom stereocenters. The summed E-state index contributed by atoms with van der Waals surface area (Å²) in [6, 6.07) is 3.22. The van der Waals surface area contributed by atoms with Crippen LogP contribution in [-0.4, -0.2) is 33.8 Å². The molecule has 0 saturated carbocycles. The van der Waals surface area contributed by atoms with Gasteiger partial charge in [-0.15, -0.1) is 0 Å². The van der Waals surface area contributed by atoms with Crippen molar-refractivity contribution in [2.75, 3.05) is 11.9 Å². The van der Waals surface area contributed by atoms with Gasteiger partial charge in [0.15, 0.2) is 0 Å². The summed E-state index contributed by atoms with van der Waals surface area (Å²) in [6.07, 6.45) is -1.62. The second kappa shape index (κ2) is 6.44. The Kier molecular flexibility index (Phi) is 5.21. The van der Waals surface area contributed by atoms with Crippen molar-refractivity contribution in [2.24, 2.45) is 5.73 Å². The number of nitrogens with two attached hydrogens (primary N) is 1. The van der Waals surface area contributed by atoms with Crippen molar-refractivity contribution < 1.29 is 15.0 Å². The highest BCUT2D eigenvalue weighted by molar-refractivity contribution is 5.87. The first kappa shape index (κ1) is 14.6. The lowest BCUT2D eigenvalue weighted by Gasteiger charge is -2.19. The highest BCUT2D eigenvalue weighted by atomic mass is 16.3. The predicted molar refractivity (Wildman–Crippen MR) is 67.9 cm³/mol. The topological polar surface area (TPSA) is 108 Å². The van der Waals surface area contributed by atoms with Crippen LogP contribution >= 0.6 is 0 Å². The monoisotopic (exact) mass is 253 g/mol. The Balaban J connectivity index is 2.87. The summed E-state index contributed by atoms with van der Waals surface area (Å²) >= 11 is 0. The van der Waals surface area contributed by atoms with E-state index in [1.807, 2.05) is 0 Å². The molecule has 0 fully saturated rings. The van der Waals surface area contributed by atoms with E-state index in [0.29, 0.717) is 30.0 Å². The molecule has 0 bridgehead atoms. The fraction of sp³-hybridized carbons (Fsp3) is 0.500. The maximum Gasteiger partial charge on any atom is 0.222 e. The molecule has 0 spiro atoms. The highest BCUT2D eigenvalue weighted by Gasteiger charge is 2.20. The van der Waals surface area contributed by atoms with Gasteiger partial charge in [0.2, 0.25) is 5.91 Å². The number of hydrogen-bond donors (Lipinski definition) is 4. The predicted octanol–water partition coefficient (Wildman–Crippen LogP) is 0.0915. The lowest BCUT2D eigenvalue weighted by atomic mass is 10.0. The van der Waals surface area contributed by atoms with Gasteiger partial charge in [-0.1, -0.05) is 6.07 Å². The van der Waals surface area contributed by atoms with Crippen molar-refractivity contribution in [1.82, 2.24) is 4.98 Å². The quantitative estimate of drug-likeness (QED) is 0.595. The summed E-state index contributed by atoms with van der Waals surface area (Å²) in [6.45, 7) is 3.40. The first-order valence-electron chi connectivity index (χ1n) is 5.77. The molecule has 1 rings (SSSR count). The zero-order valence-electron chi connectivity index (χ0n) is 10.6. The SMILES string of the molecule is CC(=O)Nc1ccc(C(O)C(O)CCN)c(C)n1. The Hall–Kier alpha value is -1.50. The van der Waals surface area contributed by atoms with E-state index in [0.717, 1.165) is 0 Å². The molecule has 0 aliphatic carbocycles. The molecule has 0 aliphatic rings. The van der Waals surface area contributed by atoms with E-state index in [4.69, 9.17) is 5.73 Å². The highest BCUT2D eigenvalue weighted by Crippen LogP contribution is 2.22. The van der Waals surface area contributed by atoms with Crippen LogP contribution in [0.25, 0.3) is 0 Å². The van der Waals surface area contributed by atoms with Gasteiger partial charge in [0.05, 0.1) is 6.10 Å². The third kappa shape index (κ3) is 3.76. The fourth-order valence-corrected chi connectivity index (χ4v) is 1.67. The van der Waals surface area contributed by atoms with Crippen LogP contribution in [0.4, 0.5) is 5.82 Å². The van der Waals surface area contributed by atoms with E-state index < -0.39 is 12.2 Å². The molecule has 0 saturated heterocycles. The summed E-state index contributed by atoms with van der Waals surface area (Å²) in [7, 11) is 0. The van der Waals surface area contributed by atoms with Crippen LogP contribution in [0.3, 0.4) is 0 Å². The smallest absolute Gasteiger partial charge is 0.222 e. The van der Waals surface area contributed by atoms with E-state index in [1.54, 1.807) is 19.1 Å². The Labute approximate surface area is 106 Å². The normalized spacial score (nSPS) is 14.1. The molecule has 1 heterocycles. The number of nitrogens with zero attached hydrogens (tertiary/aromatic N) is 1. The van der Waals surface area contributed by atoms with Crippen LogP contribution < -0.4 is 11.1 Å². The van der Waals surface area contributed by atoms with Crippen LogP contribution in [0.5, 0.6) is 0 Å². The number of carbonyl (C=O) groups is 1. The number of carbonyl (C=O) groups excluding carboxylic acids is 1. The Morgan fingerprint density at radius 2 is 2.17 bits per heavy atom. The van der Waals surface area contributed by atoms with Crippen molar-refractivity contribution in [3.8, 4) is 0 Å². The van der Waals surface area contributed by atoms with Gasteiger partial charge >= 0.3 is 0 Å². The van der Waals surface area contributed by atoms with Crippen molar-refractivity contribution >= 4 is 11.7 Å². The lowest BCUT2D eigenvalue weighted by Crippen LogP contribution is -2.22. The zero-order chi connectivity index (χ0) is 13.7. The van der Waals surface area contributed by atoms with E-state index in [-0.39, 0.29) is 5.91 Å². The maximum absolute atomic E-state index is 10.9. The summed E-state index contributed by atoms with van der Waals surface area (Å²) < 4.78 is 0. The van der Waals surface area contributed by atoms with Gasteiger partial charge in [-0.05, 0) is 26.0 Å². The number of anilines is 1. The lowest BCUT2D eigenvalue weighted by molar-refractivity contribution is -0.114. The van der Waals surface area contributed by atoms with Gasteiger partial charge in [-0.25, -0.2) is 4.98 Å². The van der Waals surface area contributed by atoms with Crippen molar-refractivity contribution in [2.45, 2.75) is 32.5 Å². The summed E-state index contributed by atoms with van der Waals surface area (Å²) in [5.41, 5.74) is 6.42. The number of aliphatic hydroxyl groups excluding tert-OH is 2. The average molecular weight is 253 g/mol. The first-order chi connectivity index (χ1) is 8.45. The molecule has 1 aromatic rings. The van der Waals surface area contributed by atoms with Crippen molar-refractivity contribution in [3.05, 3.63) is 23.4 Å². The number of hydrogen-bond acceptors (Lipinski definition) is 5. The summed E-state index contributed by atoms with van der Waals surface area (Å²) in [5.74, 6) is 0.211. The minimum atomic E-state index is -1.02. The number of aliphatic hydroxyl groups is 2. The van der Waals surface area contributed by atoms with Crippen LogP contribution in [0.1, 0.15) is 30.7 Å². The average Bonchev–Trinajstić information content (AvgIpc) is 2.28. The number of aryl methyl sites for hydroxylation is 1. The van der Waals surface area contributed by atoms with Crippen LogP contribution in [0, 0.1) is 6.92 Å². The van der Waals surface area contributed by atoms with E-state index in [9.17, 15) is 15.0 Å². The number of pyridine rings is 1.